The lowest BCUT2D eigenvalue weighted by Crippen LogP contribution is -2.35. The lowest BCUT2D eigenvalue weighted by molar-refractivity contribution is 0.0948. The highest BCUT2D eigenvalue weighted by atomic mass is 16.2. The van der Waals surface area contributed by atoms with Crippen LogP contribution in [-0.2, 0) is 0 Å². The number of amides is 2. The van der Waals surface area contributed by atoms with Crippen LogP contribution in [0.2, 0.25) is 0 Å². The van der Waals surface area contributed by atoms with E-state index in [1.807, 2.05) is 43.3 Å². The fourth-order valence-electron chi connectivity index (χ4n) is 3.90. The first kappa shape index (κ1) is 22.8. The molecule has 0 bridgehead atoms. The van der Waals surface area contributed by atoms with E-state index in [9.17, 15) is 9.59 Å². The molecule has 166 valence electrons. The first-order chi connectivity index (χ1) is 15.0. The summed E-state index contributed by atoms with van der Waals surface area (Å²) in [6, 6.07) is 13.1. The zero-order valence-electron chi connectivity index (χ0n) is 18.9. The summed E-state index contributed by atoms with van der Waals surface area (Å²) in [5.74, 6) is -0.276. The maximum absolute atomic E-state index is 13.1. The van der Waals surface area contributed by atoms with E-state index in [-0.39, 0.29) is 11.8 Å². The molecule has 2 N–H and O–H groups in total. The third kappa shape index (κ3) is 6.07. The molecule has 0 unspecified atom stereocenters. The molecular weight excluding hydrogens is 388 g/mol. The van der Waals surface area contributed by atoms with Gasteiger partial charge in [-0.2, -0.15) is 0 Å². The van der Waals surface area contributed by atoms with E-state index in [1.165, 1.54) is 0 Å². The number of benzene rings is 2. The van der Waals surface area contributed by atoms with Crippen molar-refractivity contribution in [2.75, 3.05) is 49.5 Å². The van der Waals surface area contributed by atoms with Gasteiger partial charge in [0.05, 0.1) is 5.56 Å². The number of aryl methyl sites for hydroxylation is 1. The first-order valence-electron chi connectivity index (χ1n) is 11.3. The van der Waals surface area contributed by atoms with Crippen LogP contribution in [0.1, 0.15) is 53.0 Å². The van der Waals surface area contributed by atoms with Gasteiger partial charge in [0.25, 0.3) is 11.8 Å². The van der Waals surface area contributed by atoms with Crippen LogP contribution in [0.5, 0.6) is 0 Å². The molecule has 0 radical (unpaired) electrons. The van der Waals surface area contributed by atoms with E-state index in [0.29, 0.717) is 23.4 Å². The van der Waals surface area contributed by atoms with Crippen molar-refractivity contribution in [2.45, 2.75) is 33.6 Å². The van der Waals surface area contributed by atoms with Gasteiger partial charge < -0.3 is 20.4 Å². The highest BCUT2D eigenvalue weighted by Gasteiger charge is 2.20. The third-order valence-corrected chi connectivity index (χ3v) is 5.87. The summed E-state index contributed by atoms with van der Waals surface area (Å²) in [4.78, 5) is 30.2. The third-order valence-electron chi connectivity index (χ3n) is 5.87. The van der Waals surface area contributed by atoms with Crippen LogP contribution < -0.4 is 15.5 Å². The molecule has 1 aliphatic heterocycles. The molecule has 0 spiro atoms. The number of hydrogen-bond donors (Lipinski definition) is 2. The maximum atomic E-state index is 13.1. The van der Waals surface area contributed by atoms with E-state index >= 15 is 0 Å². The summed E-state index contributed by atoms with van der Waals surface area (Å²) in [6.45, 7) is 11.5. The van der Waals surface area contributed by atoms with Crippen molar-refractivity contribution < 1.29 is 9.59 Å². The van der Waals surface area contributed by atoms with Crippen LogP contribution >= 0.6 is 0 Å². The minimum absolute atomic E-state index is 0.0968. The topological polar surface area (TPSA) is 64.7 Å². The fraction of sp³-hybridized carbons (Fsp3) is 0.440. The van der Waals surface area contributed by atoms with Gasteiger partial charge in [0.2, 0.25) is 0 Å². The summed E-state index contributed by atoms with van der Waals surface area (Å²) < 4.78 is 0. The van der Waals surface area contributed by atoms with Crippen molar-refractivity contribution in [3.8, 4) is 0 Å². The minimum atomic E-state index is -0.179. The molecule has 2 aromatic rings. The zero-order chi connectivity index (χ0) is 22.2. The van der Waals surface area contributed by atoms with Gasteiger partial charge >= 0.3 is 0 Å². The van der Waals surface area contributed by atoms with Crippen molar-refractivity contribution in [3.63, 3.8) is 0 Å². The molecule has 0 aromatic heterocycles. The number of anilines is 2. The molecule has 3 rings (SSSR count). The minimum Gasteiger partial charge on any atom is -0.371 e. The Hall–Kier alpha value is -2.86. The van der Waals surface area contributed by atoms with Crippen LogP contribution in [0, 0.1) is 6.92 Å². The van der Waals surface area contributed by atoms with Crippen molar-refractivity contribution in [2.24, 2.45) is 0 Å². The van der Waals surface area contributed by atoms with Gasteiger partial charge in [-0.3, -0.25) is 9.59 Å². The Morgan fingerprint density at radius 1 is 0.968 bits per heavy atom. The fourth-order valence-corrected chi connectivity index (χ4v) is 3.90. The highest BCUT2D eigenvalue weighted by molar-refractivity contribution is 6.06. The molecule has 6 heteroatoms. The average molecular weight is 423 g/mol. The Bertz CT molecular complexity index is 885. The number of likely N-dealkylation sites (N-methyl/N-ethyl adjacent to an activating group) is 1. The molecule has 2 amide bonds. The Labute approximate surface area is 185 Å². The normalized spacial score (nSPS) is 13.5. The van der Waals surface area contributed by atoms with Gasteiger partial charge in [0.1, 0.15) is 0 Å². The lowest BCUT2D eigenvalue weighted by atomic mass is 10.1. The van der Waals surface area contributed by atoms with Crippen molar-refractivity contribution in [1.29, 1.82) is 0 Å². The summed E-state index contributed by atoms with van der Waals surface area (Å²) in [5.41, 5.74) is 3.88. The van der Waals surface area contributed by atoms with E-state index in [2.05, 4.69) is 34.3 Å². The number of rotatable bonds is 9. The average Bonchev–Trinajstić information content (AvgIpc) is 3.32. The van der Waals surface area contributed by atoms with E-state index in [0.717, 1.165) is 56.8 Å². The Kier molecular flexibility index (Phi) is 8.06. The van der Waals surface area contributed by atoms with Crippen LogP contribution in [0.25, 0.3) is 0 Å². The Balaban J connectivity index is 1.76. The maximum Gasteiger partial charge on any atom is 0.255 e. The van der Waals surface area contributed by atoms with Gasteiger partial charge in [-0.1, -0.05) is 31.5 Å². The molecule has 0 atom stereocenters. The second-order valence-electron chi connectivity index (χ2n) is 8.03. The molecule has 0 aliphatic carbocycles. The van der Waals surface area contributed by atoms with E-state index in [1.54, 1.807) is 6.07 Å². The second-order valence-corrected chi connectivity index (χ2v) is 8.03. The molecule has 1 aliphatic rings. The molecule has 1 fully saturated rings. The first-order valence-corrected chi connectivity index (χ1v) is 11.3. The summed E-state index contributed by atoms with van der Waals surface area (Å²) in [6.07, 6.45) is 2.27. The molecule has 2 aromatic carbocycles. The van der Waals surface area contributed by atoms with Crippen LogP contribution in [0.3, 0.4) is 0 Å². The van der Waals surface area contributed by atoms with Crippen molar-refractivity contribution in [3.05, 3.63) is 59.2 Å². The van der Waals surface area contributed by atoms with Crippen molar-refractivity contribution >= 4 is 23.2 Å². The largest absolute Gasteiger partial charge is 0.371 e. The molecule has 31 heavy (non-hydrogen) atoms. The van der Waals surface area contributed by atoms with Gasteiger partial charge in [-0.05, 0) is 63.2 Å². The second kappa shape index (κ2) is 11.0. The molecular formula is C25H34N4O2. The quantitative estimate of drug-likeness (QED) is 0.643. The summed E-state index contributed by atoms with van der Waals surface area (Å²) in [7, 11) is 0. The number of nitrogens with one attached hydrogen (secondary N) is 2. The summed E-state index contributed by atoms with van der Waals surface area (Å²) in [5, 5.41) is 6.00. The molecule has 0 saturated carbocycles. The predicted molar refractivity (Wildman–Crippen MR) is 127 cm³/mol. The van der Waals surface area contributed by atoms with Gasteiger partial charge in [-0.25, -0.2) is 0 Å². The van der Waals surface area contributed by atoms with Crippen molar-refractivity contribution in [1.82, 2.24) is 10.2 Å². The molecule has 1 saturated heterocycles. The lowest BCUT2D eigenvalue weighted by Gasteiger charge is -2.23. The molecule has 6 nitrogen and oxygen atoms in total. The monoisotopic (exact) mass is 422 g/mol. The Morgan fingerprint density at radius 3 is 2.29 bits per heavy atom. The SMILES string of the molecule is CCN(CC)CCNC(=O)c1cc(NC(=O)c2ccc(C)cc2)ccc1N1CCCC1. The Morgan fingerprint density at radius 2 is 1.65 bits per heavy atom. The number of hydrogen-bond acceptors (Lipinski definition) is 4. The number of nitrogens with zero attached hydrogens (tertiary/aromatic N) is 2. The zero-order valence-corrected chi connectivity index (χ0v) is 18.9. The number of carbonyl (C=O) groups excluding carboxylic acids is 2. The molecule has 1 heterocycles. The van der Waals surface area contributed by atoms with Crippen LogP contribution in [0.15, 0.2) is 42.5 Å². The number of carbonyl (C=O) groups is 2. The van der Waals surface area contributed by atoms with E-state index < -0.39 is 0 Å². The van der Waals surface area contributed by atoms with Gasteiger partial charge in [0, 0.05) is 43.1 Å². The van der Waals surface area contributed by atoms with Gasteiger partial charge in [-0.15, -0.1) is 0 Å². The smallest absolute Gasteiger partial charge is 0.255 e. The predicted octanol–water partition coefficient (Wildman–Crippen LogP) is 3.92. The standard InChI is InChI=1S/C25H34N4O2/c1-4-28(5-2)17-14-26-25(31)22-18-21(12-13-23(22)29-15-6-7-16-29)27-24(30)20-10-8-19(3)9-11-20/h8-13,18H,4-7,14-17H2,1-3H3,(H,26,31)(H,27,30). The summed E-state index contributed by atoms with van der Waals surface area (Å²) >= 11 is 0. The van der Waals surface area contributed by atoms with Crippen LogP contribution in [-0.4, -0.2) is 56.0 Å². The van der Waals surface area contributed by atoms with Gasteiger partial charge in [0.15, 0.2) is 0 Å². The van der Waals surface area contributed by atoms with E-state index in [4.69, 9.17) is 0 Å². The highest BCUT2D eigenvalue weighted by Crippen LogP contribution is 2.28. The van der Waals surface area contributed by atoms with Crippen LogP contribution in [0.4, 0.5) is 11.4 Å².